The summed E-state index contributed by atoms with van der Waals surface area (Å²) < 4.78 is 5.24. The van der Waals surface area contributed by atoms with Gasteiger partial charge in [0, 0.05) is 38.0 Å². The zero-order chi connectivity index (χ0) is 15.2. The van der Waals surface area contributed by atoms with Crippen molar-refractivity contribution >= 4 is 11.6 Å². The second-order valence-corrected chi connectivity index (χ2v) is 5.77. The molecule has 1 amide bonds. The van der Waals surface area contributed by atoms with Crippen molar-refractivity contribution in [2.24, 2.45) is 5.92 Å². The molecule has 0 radical (unpaired) electrons. The quantitative estimate of drug-likeness (QED) is 0.906. The Balaban J connectivity index is 2.08. The largest absolute Gasteiger partial charge is 0.385 e. The number of amides is 1. The number of anilines is 1. The van der Waals surface area contributed by atoms with E-state index < -0.39 is 0 Å². The summed E-state index contributed by atoms with van der Waals surface area (Å²) in [6, 6.07) is 5.98. The van der Waals surface area contributed by atoms with Crippen LogP contribution in [0.2, 0.25) is 0 Å². The predicted octanol–water partition coefficient (Wildman–Crippen LogP) is 2.93. The number of aryl methyl sites for hydroxylation is 1. The highest BCUT2D eigenvalue weighted by Gasteiger charge is 2.25. The van der Waals surface area contributed by atoms with Gasteiger partial charge in [-0.15, -0.1) is 0 Å². The number of piperidine rings is 1. The molecule has 1 N–H and O–H groups in total. The van der Waals surface area contributed by atoms with E-state index in [1.54, 1.807) is 7.11 Å². The van der Waals surface area contributed by atoms with Crippen LogP contribution in [0, 0.1) is 12.8 Å². The standard InChI is InChI=1S/C17H26N2O2/c1-4-18-15-7-8-16(13(2)10-15)17(20)19-9-5-6-14(11-19)12-21-3/h7-8,10,14,18H,4-6,9,11-12H2,1-3H3. The Morgan fingerprint density at radius 1 is 1.48 bits per heavy atom. The van der Waals surface area contributed by atoms with Gasteiger partial charge in [0.25, 0.3) is 5.91 Å². The lowest BCUT2D eigenvalue weighted by Gasteiger charge is -2.32. The zero-order valence-corrected chi connectivity index (χ0v) is 13.3. The third-order valence-corrected chi connectivity index (χ3v) is 4.05. The number of rotatable bonds is 5. The van der Waals surface area contributed by atoms with Crippen LogP contribution in [0.25, 0.3) is 0 Å². The highest BCUT2D eigenvalue weighted by molar-refractivity contribution is 5.96. The van der Waals surface area contributed by atoms with E-state index in [1.165, 1.54) is 0 Å². The highest BCUT2D eigenvalue weighted by atomic mass is 16.5. The van der Waals surface area contributed by atoms with Crippen LogP contribution in [0.15, 0.2) is 18.2 Å². The molecule has 0 saturated carbocycles. The monoisotopic (exact) mass is 290 g/mol. The topological polar surface area (TPSA) is 41.6 Å². The molecule has 0 aromatic heterocycles. The lowest BCUT2D eigenvalue weighted by Crippen LogP contribution is -2.41. The van der Waals surface area contributed by atoms with Gasteiger partial charge in [-0.1, -0.05) is 0 Å². The van der Waals surface area contributed by atoms with Crippen molar-refractivity contribution < 1.29 is 9.53 Å². The zero-order valence-electron chi connectivity index (χ0n) is 13.3. The third-order valence-electron chi connectivity index (χ3n) is 4.05. The Morgan fingerprint density at radius 2 is 2.29 bits per heavy atom. The maximum atomic E-state index is 12.7. The smallest absolute Gasteiger partial charge is 0.254 e. The molecule has 21 heavy (non-hydrogen) atoms. The number of benzene rings is 1. The van der Waals surface area contributed by atoms with Crippen LogP contribution in [0.3, 0.4) is 0 Å². The molecular weight excluding hydrogens is 264 g/mol. The second kappa shape index (κ2) is 7.46. The normalized spacial score (nSPS) is 18.6. The van der Waals surface area contributed by atoms with Gasteiger partial charge in [0.15, 0.2) is 0 Å². The van der Waals surface area contributed by atoms with Gasteiger partial charge in [0.2, 0.25) is 0 Å². The second-order valence-electron chi connectivity index (χ2n) is 5.77. The lowest BCUT2D eigenvalue weighted by molar-refractivity contribution is 0.0570. The molecular formula is C17H26N2O2. The molecule has 1 aromatic carbocycles. The number of methoxy groups -OCH3 is 1. The maximum Gasteiger partial charge on any atom is 0.254 e. The van der Waals surface area contributed by atoms with Gasteiger partial charge in [0.1, 0.15) is 0 Å². The van der Waals surface area contributed by atoms with Crippen LogP contribution in [0.1, 0.15) is 35.7 Å². The van der Waals surface area contributed by atoms with Crippen molar-refractivity contribution in [3.8, 4) is 0 Å². The first-order valence-electron chi connectivity index (χ1n) is 7.78. The molecule has 1 fully saturated rings. The molecule has 4 heteroatoms. The van der Waals surface area contributed by atoms with Crippen molar-refractivity contribution in [1.82, 2.24) is 4.90 Å². The number of ether oxygens (including phenoxy) is 1. The van der Waals surface area contributed by atoms with Gasteiger partial charge in [-0.25, -0.2) is 0 Å². The van der Waals surface area contributed by atoms with Gasteiger partial charge in [-0.2, -0.15) is 0 Å². The van der Waals surface area contributed by atoms with Crippen molar-refractivity contribution in [1.29, 1.82) is 0 Å². The minimum Gasteiger partial charge on any atom is -0.385 e. The van der Waals surface area contributed by atoms with E-state index in [2.05, 4.69) is 12.2 Å². The average Bonchev–Trinajstić information content (AvgIpc) is 2.48. The summed E-state index contributed by atoms with van der Waals surface area (Å²) in [5.41, 5.74) is 2.92. The molecule has 1 aliphatic heterocycles. The number of carbonyl (C=O) groups excluding carboxylic acids is 1. The SMILES string of the molecule is CCNc1ccc(C(=O)N2CCCC(COC)C2)c(C)c1. The van der Waals surface area contributed by atoms with Crippen molar-refractivity contribution in [3.63, 3.8) is 0 Å². The van der Waals surface area contributed by atoms with Crippen LogP contribution in [0.4, 0.5) is 5.69 Å². The van der Waals surface area contributed by atoms with Gasteiger partial charge in [0.05, 0.1) is 6.61 Å². The number of hydrogen-bond donors (Lipinski definition) is 1. The molecule has 2 rings (SSSR count). The Bertz CT molecular complexity index is 486. The molecule has 1 saturated heterocycles. The summed E-state index contributed by atoms with van der Waals surface area (Å²) in [6.07, 6.45) is 2.21. The number of likely N-dealkylation sites (tertiary alicyclic amines) is 1. The summed E-state index contributed by atoms with van der Waals surface area (Å²) in [6.45, 7) is 7.36. The van der Waals surface area contributed by atoms with Gasteiger partial charge >= 0.3 is 0 Å². The first-order chi connectivity index (χ1) is 10.2. The minimum absolute atomic E-state index is 0.149. The van der Waals surface area contributed by atoms with E-state index >= 15 is 0 Å². The number of carbonyl (C=O) groups is 1. The van der Waals surface area contributed by atoms with Crippen LogP contribution in [0.5, 0.6) is 0 Å². The van der Waals surface area contributed by atoms with Crippen LogP contribution >= 0.6 is 0 Å². The Hall–Kier alpha value is -1.55. The minimum atomic E-state index is 0.149. The first-order valence-corrected chi connectivity index (χ1v) is 7.78. The summed E-state index contributed by atoms with van der Waals surface area (Å²) in [7, 11) is 1.73. The molecule has 0 aliphatic carbocycles. The van der Waals surface area contributed by atoms with E-state index in [0.717, 1.165) is 55.9 Å². The summed E-state index contributed by atoms with van der Waals surface area (Å²) in [5, 5.41) is 3.28. The van der Waals surface area contributed by atoms with Crippen LogP contribution < -0.4 is 5.32 Å². The predicted molar refractivity (Wildman–Crippen MR) is 85.8 cm³/mol. The van der Waals surface area contributed by atoms with Gasteiger partial charge in [-0.3, -0.25) is 4.79 Å². The van der Waals surface area contributed by atoms with Gasteiger partial charge < -0.3 is 15.0 Å². The molecule has 1 unspecified atom stereocenters. The van der Waals surface area contributed by atoms with Crippen molar-refractivity contribution in [2.45, 2.75) is 26.7 Å². The molecule has 1 aliphatic rings. The molecule has 0 spiro atoms. The maximum absolute atomic E-state index is 12.7. The molecule has 1 atom stereocenters. The Labute approximate surface area is 127 Å². The average molecular weight is 290 g/mol. The number of nitrogens with one attached hydrogen (secondary N) is 1. The fourth-order valence-electron chi connectivity index (χ4n) is 3.01. The van der Waals surface area contributed by atoms with Gasteiger partial charge in [-0.05, 0) is 56.4 Å². The molecule has 116 valence electrons. The van der Waals surface area contributed by atoms with E-state index in [4.69, 9.17) is 4.74 Å². The summed E-state index contributed by atoms with van der Waals surface area (Å²) >= 11 is 0. The van der Waals surface area contributed by atoms with Crippen LogP contribution in [-0.2, 0) is 4.74 Å². The van der Waals surface area contributed by atoms with E-state index in [-0.39, 0.29) is 5.91 Å². The Morgan fingerprint density at radius 3 is 2.95 bits per heavy atom. The fraction of sp³-hybridized carbons (Fsp3) is 0.588. The molecule has 4 nitrogen and oxygen atoms in total. The van der Waals surface area contributed by atoms with E-state index in [9.17, 15) is 4.79 Å². The summed E-state index contributed by atoms with van der Waals surface area (Å²) in [5.74, 6) is 0.616. The Kier molecular flexibility index (Phi) is 5.62. The number of hydrogen-bond acceptors (Lipinski definition) is 3. The highest BCUT2D eigenvalue weighted by Crippen LogP contribution is 2.21. The number of nitrogens with zero attached hydrogens (tertiary/aromatic N) is 1. The fourth-order valence-corrected chi connectivity index (χ4v) is 3.01. The molecule has 0 bridgehead atoms. The first kappa shape index (κ1) is 15.8. The van der Waals surface area contributed by atoms with Crippen LogP contribution in [-0.4, -0.2) is 44.2 Å². The van der Waals surface area contributed by atoms with E-state index in [1.807, 2.05) is 30.0 Å². The molecule has 1 heterocycles. The van der Waals surface area contributed by atoms with E-state index in [0.29, 0.717) is 5.92 Å². The third kappa shape index (κ3) is 3.97. The molecule has 1 aromatic rings. The van der Waals surface area contributed by atoms with Crippen molar-refractivity contribution in [2.75, 3.05) is 38.7 Å². The van der Waals surface area contributed by atoms with Crippen molar-refractivity contribution in [3.05, 3.63) is 29.3 Å². The summed E-state index contributed by atoms with van der Waals surface area (Å²) in [4.78, 5) is 14.7. The lowest BCUT2D eigenvalue weighted by atomic mass is 9.97.